The molecule has 0 saturated carbocycles. The first-order chi connectivity index (χ1) is 1.73. The zero-order valence-electron chi connectivity index (χ0n) is 1.66. The molecule has 0 radical (unpaired) electrons. The summed E-state index contributed by atoms with van der Waals surface area (Å²) in [4.78, 5) is 0. The molecule has 0 aliphatic rings. The first kappa shape index (κ1) is 4.34. The molecule has 0 bridgehead atoms. The van der Waals surface area contributed by atoms with Gasteiger partial charge < -0.3 is 0 Å². The van der Waals surface area contributed by atoms with Gasteiger partial charge in [0.2, 0.25) is 0 Å². The third-order valence-electron chi connectivity index (χ3n) is 0. The summed E-state index contributed by atoms with van der Waals surface area (Å²) in [6.07, 6.45) is 0. The fraction of sp³-hybridized carbons (Fsp3) is 0. The third kappa shape index (κ3) is 35.9. The van der Waals surface area contributed by atoms with Crippen molar-refractivity contribution >= 4 is 0 Å². The van der Waals surface area contributed by atoms with E-state index in [4.69, 9.17) is 11.4 Å². The van der Waals surface area contributed by atoms with Crippen LogP contribution in [0, 0.1) is 0 Å². The standard InChI is InChI=1S/2H2O.O.Ru/h2*1H2;;/q;;;+2/p-2. The Morgan fingerprint density at radius 2 is 1.50 bits per heavy atom. The molecule has 0 saturated heterocycles. The molecule has 4 heteroatoms. The van der Waals surface area contributed by atoms with E-state index in [1.165, 1.54) is 0 Å². The van der Waals surface area contributed by atoms with Gasteiger partial charge in [-0.05, 0) is 0 Å². The van der Waals surface area contributed by atoms with Crippen molar-refractivity contribution in [1.29, 1.82) is 0 Å². The number of hydrogen-bond donors (Lipinski definition) is 2. The van der Waals surface area contributed by atoms with Gasteiger partial charge >= 0.3 is 28.1 Å². The molecular formula is H2O3Ru. The van der Waals surface area contributed by atoms with Gasteiger partial charge in [-0.2, -0.15) is 0 Å². The van der Waals surface area contributed by atoms with Crippen molar-refractivity contribution in [2.45, 2.75) is 0 Å². The van der Waals surface area contributed by atoms with Crippen LogP contribution in [0.4, 0.5) is 0 Å². The van der Waals surface area contributed by atoms with Crippen LogP contribution in [0.2, 0.25) is 0 Å². The zero-order chi connectivity index (χ0) is 3.58. The van der Waals surface area contributed by atoms with Crippen molar-refractivity contribution in [3.63, 3.8) is 0 Å². The average Bonchev–Trinajstić information content (AvgIpc) is 0.811. The summed E-state index contributed by atoms with van der Waals surface area (Å²) in [5.74, 6) is 0. The molecular weight excluding hydrogens is 149 g/mol. The second-order valence-corrected chi connectivity index (χ2v) is 1.18. The zero-order valence-corrected chi connectivity index (χ0v) is 3.39. The molecule has 2 N–H and O–H groups in total. The van der Waals surface area contributed by atoms with Gasteiger partial charge in [-0.3, -0.25) is 0 Å². The molecule has 0 spiro atoms. The summed E-state index contributed by atoms with van der Waals surface area (Å²) in [6.45, 7) is 0. The van der Waals surface area contributed by atoms with Crippen LogP contribution in [-0.2, 0) is 20.2 Å². The monoisotopic (exact) mass is 152 g/mol. The molecule has 0 unspecified atom stereocenters. The Bertz CT molecular complexity index is 26.3. The van der Waals surface area contributed by atoms with Gasteiger partial charge in [0, 0.05) is 0 Å². The molecule has 0 aromatic rings. The van der Waals surface area contributed by atoms with Crippen LogP contribution in [0.15, 0.2) is 0 Å². The Morgan fingerprint density at radius 3 is 1.50 bits per heavy atom. The third-order valence-corrected chi connectivity index (χ3v) is 0. The van der Waals surface area contributed by atoms with Gasteiger partial charge in [-0.25, -0.2) is 0 Å². The first-order valence-electron chi connectivity index (χ1n) is 0.461. The molecule has 4 heavy (non-hydrogen) atoms. The van der Waals surface area contributed by atoms with E-state index >= 15 is 0 Å². The summed E-state index contributed by atoms with van der Waals surface area (Å²) in [5, 5.41) is 0. The van der Waals surface area contributed by atoms with Crippen molar-refractivity contribution in [2.75, 3.05) is 0 Å². The van der Waals surface area contributed by atoms with Crippen LogP contribution in [-0.4, -0.2) is 7.87 Å². The molecule has 0 aliphatic carbocycles. The van der Waals surface area contributed by atoms with E-state index in [9.17, 15) is 0 Å². The first-order valence-corrected chi connectivity index (χ1v) is 2.72. The van der Waals surface area contributed by atoms with Crippen LogP contribution in [0.1, 0.15) is 0 Å². The van der Waals surface area contributed by atoms with Gasteiger partial charge in [-0.1, -0.05) is 0 Å². The van der Waals surface area contributed by atoms with E-state index in [0.29, 0.717) is 0 Å². The van der Waals surface area contributed by atoms with Crippen LogP contribution in [0.3, 0.4) is 0 Å². The van der Waals surface area contributed by atoms with Crippen molar-refractivity contribution < 1.29 is 28.1 Å². The van der Waals surface area contributed by atoms with Crippen molar-refractivity contribution in [2.24, 2.45) is 0 Å². The summed E-state index contributed by atoms with van der Waals surface area (Å²) in [7, 11) is 0. The summed E-state index contributed by atoms with van der Waals surface area (Å²) in [6, 6.07) is 0. The summed E-state index contributed by atoms with van der Waals surface area (Å²) >= 11 is -3.42. The Morgan fingerprint density at radius 1 is 1.50 bits per heavy atom. The Hall–Kier alpha value is 0.343. The van der Waals surface area contributed by atoms with E-state index in [1.54, 1.807) is 0 Å². The number of rotatable bonds is 0. The van der Waals surface area contributed by atoms with Crippen molar-refractivity contribution in [3.8, 4) is 0 Å². The molecule has 0 atom stereocenters. The van der Waals surface area contributed by atoms with E-state index < -0.39 is 16.6 Å². The van der Waals surface area contributed by atoms with Gasteiger partial charge in [0.15, 0.2) is 0 Å². The predicted molar refractivity (Wildman–Crippen MR) is 5.12 cm³/mol. The predicted octanol–water partition coefficient (Wildman–Crippen LogP) is -1.24. The topological polar surface area (TPSA) is 57.5 Å². The quantitative estimate of drug-likeness (QED) is 0.426. The molecule has 3 nitrogen and oxygen atoms in total. The molecule has 0 aromatic carbocycles. The van der Waals surface area contributed by atoms with Crippen LogP contribution in [0.25, 0.3) is 0 Å². The molecule has 28 valence electrons. The second kappa shape index (κ2) is 1.64. The summed E-state index contributed by atoms with van der Waals surface area (Å²) in [5.41, 5.74) is 0. The van der Waals surface area contributed by atoms with Gasteiger partial charge in [0.05, 0.1) is 0 Å². The van der Waals surface area contributed by atoms with Crippen LogP contribution >= 0.6 is 0 Å². The van der Waals surface area contributed by atoms with Crippen molar-refractivity contribution in [3.05, 3.63) is 0 Å². The van der Waals surface area contributed by atoms with E-state index in [-0.39, 0.29) is 0 Å². The van der Waals surface area contributed by atoms with Crippen LogP contribution in [0.5, 0.6) is 0 Å². The SMILES string of the molecule is [O]=[Ru]([OH])[OH]. The Labute approximate surface area is 28.8 Å². The fourth-order valence-electron chi connectivity index (χ4n) is 0. The van der Waals surface area contributed by atoms with Crippen molar-refractivity contribution in [1.82, 2.24) is 0 Å². The molecule has 0 aromatic heterocycles. The van der Waals surface area contributed by atoms with E-state index in [2.05, 4.69) is 0 Å². The maximum absolute atomic E-state index is 8.78. The van der Waals surface area contributed by atoms with Gasteiger partial charge in [0.25, 0.3) is 0 Å². The maximum atomic E-state index is 8.78. The number of hydrogen-bond acceptors (Lipinski definition) is 1. The molecule has 0 rings (SSSR count). The van der Waals surface area contributed by atoms with E-state index in [1.807, 2.05) is 0 Å². The molecule has 0 aliphatic heterocycles. The molecule has 0 fully saturated rings. The Kier molecular flexibility index (Phi) is 1.78. The normalized spacial score (nSPS) is 11.0. The molecule has 0 amide bonds. The Balaban J connectivity index is 2.80. The van der Waals surface area contributed by atoms with Gasteiger partial charge in [-0.15, -0.1) is 0 Å². The average molecular weight is 151 g/mol. The van der Waals surface area contributed by atoms with Gasteiger partial charge in [0.1, 0.15) is 0 Å². The van der Waals surface area contributed by atoms with Crippen LogP contribution < -0.4 is 0 Å². The van der Waals surface area contributed by atoms with E-state index in [0.717, 1.165) is 0 Å². The minimum atomic E-state index is -3.42. The summed E-state index contributed by atoms with van der Waals surface area (Å²) < 4.78 is 23.2. The second-order valence-electron chi connectivity index (χ2n) is 0.200. The minimum absolute atomic E-state index is 3.42. The fourth-order valence-corrected chi connectivity index (χ4v) is 0. The molecule has 0 heterocycles.